The molecule has 1 unspecified atom stereocenters. The number of nitrogens with zero attached hydrogens (tertiary/aromatic N) is 3. The van der Waals surface area contributed by atoms with E-state index in [4.69, 9.17) is 10.00 Å². The molecule has 1 fully saturated rings. The van der Waals surface area contributed by atoms with Crippen LogP contribution >= 0.6 is 0 Å². The number of hydrogen-bond acceptors (Lipinski definition) is 5. The number of rotatable bonds is 8. The molecule has 0 spiro atoms. The van der Waals surface area contributed by atoms with Crippen LogP contribution in [0.25, 0.3) is 10.9 Å². The van der Waals surface area contributed by atoms with Gasteiger partial charge >= 0.3 is 0 Å². The summed E-state index contributed by atoms with van der Waals surface area (Å²) in [5.41, 5.74) is 3.94. The van der Waals surface area contributed by atoms with Crippen LogP contribution in [0.1, 0.15) is 29.3 Å². The number of nitrogens with one attached hydrogen (secondary N) is 1. The summed E-state index contributed by atoms with van der Waals surface area (Å²) in [6.45, 7) is 4.59. The van der Waals surface area contributed by atoms with Gasteiger partial charge in [0.1, 0.15) is 17.5 Å². The number of aromatic nitrogens is 1. The van der Waals surface area contributed by atoms with Crippen molar-refractivity contribution >= 4 is 10.9 Å². The topological polar surface area (TPSA) is 75.5 Å². The summed E-state index contributed by atoms with van der Waals surface area (Å²) < 4.78 is 5.84. The van der Waals surface area contributed by atoms with E-state index in [0.29, 0.717) is 17.9 Å². The lowest BCUT2D eigenvalue weighted by Crippen LogP contribution is -2.48. The maximum atomic E-state index is 10.6. The van der Waals surface area contributed by atoms with Gasteiger partial charge in [0.25, 0.3) is 0 Å². The SMILES string of the molecule is N#Cc1cc2c(OC(O)CCN3CCN(C(c4ccccc4)c4ccccc4)CC3)cccc2[nH]1. The Bertz CT molecular complexity index is 1240. The summed E-state index contributed by atoms with van der Waals surface area (Å²) in [5, 5.41) is 20.5. The molecule has 1 aliphatic rings. The van der Waals surface area contributed by atoms with Crippen LogP contribution in [0, 0.1) is 11.3 Å². The van der Waals surface area contributed by atoms with E-state index in [2.05, 4.69) is 81.5 Å². The van der Waals surface area contributed by atoms with E-state index < -0.39 is 6.29 Å². The predicted octanol–water partition coefficient (Wildman–Crippen LogP) is 4.53. The Morgan fingerprint density at radius 2 is 1.54 bits per heavy atom. The van der Waals surface area contributed by atoms with Crippen LogP contribution in [-0.2, 0) is 0 Å². The highest BCUT2D eigenvalue weighted by Crippen LogP contribution is 2.30. The first-order valence-electron chi connectivity index (χ1n) is 12.1. The molecule has 2 N–H and O–H groups in total. The van der Waals surface area contributed by atoms with Crippen LogP contribution in [0.2, 0.25) is 0 Å². The van der Waals surface area contributed by atoms with Gasteiger partial charge in [-0.15, -0.1) is 0 Å². The maximum absolute atomic E-state index is 10.6. The second-order valence-corrected chi connectivity index (χ2v) is 8.97. The van der Waals surface area contributed by atoms with Crippen molar-refractivity contribution in [2.75, 3.05) is 32.7 Å². The van der Waals surface area contributed by atoms with E-state index >= 15 is 0 Å². The molecule has 0 bridgehead atoms. The van der Waals surface area contributed by atoms with Crippen molar-refractivity contribution in [3.8, 4) is 11.8 Å². The number of piperazine rings is 1. The third kappa shape index (κ3) is 5.39. The third-order valence-electron chi connectivity index (χ3n) is 6.70. The number of H-pyrrole nitrogens is 1. The molecule has 6 nitrogen and oxygen atoms in total. The second-order valence-electron chi connectivity index (χ2n) is 8.97. The number of aliphatic hydroxyl groups is 1. The van der Waals surface area contributed by atoms with Crippen molar-refractivity contribution in [1.82, 2.24) is 14.8 Å². The Kier molecular flexibility index (Phi) is 7.10. The lowest BCUT2D eigenvalue weighted by Gasteiger charge is -2.40. The van der Waals surface area contributed by atoms with Gasteiger partial charge in [-0.1, -0.05) is 66.7 Å². The highest BCUT2D eigenvalue weighted by atomic mass is 16.6. The number of aromatic amines is 1. The van der Waals surface area contributed by atoms with Crippen LogP contribution in [0.15, 0.2) is 84.9 Å². The van der Waals surface area contributed by atoms with Crippen molar-refractivity contribution < 1.29 is 9.84 Å². The first kappa shape index (κ1) is 23.1. The highest BCUT2D eigenvalue weighted by Gasteiger charge is 2.26. The minimum atomic E-state index is -0.902. The van der Waals surface area contributed by atoms with E-state index in [1.165, 1.54) is 11.1 Å². The summed E-state index contributed by atoms with van der Waals surface area (Å²) in [5.74, 6) is 0.589. The van der Waals surface area contributed by atoms with Crippen LogP contribution in [0.3, 0.4) is 0 Å². The highest BCUT2D eigenvalue weighted by molar-refractivity contribution is 5.87. The van der Waals surface area contributed by atoms with Crippen molar-refractivity contribution in [2.45, 2.75) is 18.8 Å². The quantitative estimate of drug-likeness (QED) is 0.373. The minimum absolute atomic E-state index is 0.244. The zero-order valence-electron chi connectivity index (χ0n) is 19.7. The summed E-state index contributed by atoms with van der Waals surface area (Å²) in [4.78, 5) is 7.98. The van der Waals surface area contributed by atoms with Crippen molar-refractivity contribution in [3.63, 3.8) is 0 Å². The Morgan fingerprint density at radius 1 is 0.886 bits per heavy atom. The van der Waals surface area contributed by atoms with Gasteiger partial charge in [-0.05, 0) is 29.3 Å². The van der Waals surface area contributed by atoms with Gasteiger partial charge < -0.3 is 19.7 Å². The molecule has 35 heavy (non-hydrogen) atoms. The number of aliphatic hydroxyl groups excluding tert-OH is 1. The van der Waals surface area contributed by atoms with E-state index in [9.17, 15) is 5.11 Å². The molecule has 0 amide bonds. The van der Waals surface area contributed by atoms with E-state index in [-0.39, 0.29) is 6.04 Å². The lowest BCUT2D eigenvalue weighted by molar-refractivity contribution is -0.0309. The molecule has 3 aromatic carbocycles. The molecule has 1 aliphatic heterocycles. The zero-order valence-corrected chi connectivity index (χ0v) is 19.7. The summed E-state index contributed by atoms with van der Waals surface area (Å²) in [6, 6.07) is 31.1. The molecule has 178 valence electrons. The van der Waals surface area contributed by atoms with Gasteiger partial charge in [0.2, 0.25) is 0 Å². The molecule has 5 rings (SSSR count). The molecule has 4 aromatic rings. The molecule has 0 aliphatic carbocycles. The van der Waals surface area contributed by atoms with Crippen molar-refractivity contribution in [1.29, 1.82) is 5.26 Å². The molecule has 0 saturated carbocycles. The summed E-state index contributed by atoms with van der Waals surface area (Å²) in [7, 11) is 0. The summed E-state index contributed by atoms with van der Waals surface area (Å²) in [6.07, 6.45) is -0.382. The molecule has 6 heteroatoms. The average Bonchev–Trinajstić information content (AvgIpc) is 3.34. The van der Waals surface area contributed by atoms with Crippen LogP contribution in [-0.4, -0.2) is 58.9 Å². The molecule has 2 heterocycles. The smallest absolute Gasteiger partial charge is 0.198 e. The molecule has 1 saturated heterocycles. The molecular formula is C29H30N4O2. The number of nitriles is 1. The Hall–Kier alpha value is -3.63. The lowest BCUT2D eigenvalue weighted by atomic mass is 9.96. The van der Waals surface area contributed by atoms with Gasteiger partial charge in [0, 0.05) is 44.5 Å². The predicted molar refractivity (Wildman–Crippen MR) is 137 cm³/mol. The molecule has 1 atom stereocenters. The fraction of sp³-hybridized carbons (Fsp3) is 0.276. The maximum Gasteiger partial charge on any atom is 0.198 e. The fourth-order valence-electron chi connectivity index (χ4n) is 4.92. The van der Waals surface area contributed by atoms with E-state index in [1.54, 1.807) is 6.07 Å². The molecular weight excluding hydrogens is 436 g/mol. The standard InChI is InChI=1S/C29H30N4O2/c30-21-24-20-25-26(31-24)12-7-13-27(25)35-28(34)14-15-32-16-18-33(19-17-32)29(22-8-3-1-4-9-22)23-10-5-2-6-11-23/h1-13,20,28-29,31,34H,14-19H2. The van der Waals surface area contributed by atoms with E-state index in [0.717, 1.165) is 43.6 Å². The van der Waals surface area contributed by atoms with Crippen LogP contribution < -0.4 is 4.74 Å². The van der Waals surface area contributed by atoms with Crippen molar-refractivity contribution in [3.05, 3.63) is 102 Å². The summed E-state index contributed by atoms with van der Waals surface area (Å²) >= 11 is 0. The minimum Gasteiger partial charge on any atom is -0.464 e. The molecule has 0 radical (unpaired) electrons. The number of ether oxygens (including phenoxy) is 1. The van der Waals surface area contributed by atoms with Gasteiger partial charge in [-0.3, -0.25) is 4.90 Å². The third-order valence-corrected chi connectivity index (χ3v) is 6.70. The number of fused-ring (bicyclic) bond motifs is 1. The Morgan fingerprint density at radius 3 is 2.17 bits per heavy atom. The number of hydrogen-bond donors (Lipinski definition) is 2. The van der Waals surface area contributed by atoms with Crippen molar-refractivity contribution in [2.24, 2.45) is 0 Å². The molecule has 1 aromatic heterocycles. The normalized spacial score (nSPS) is 15.8. The van der Waals surface area contributed by atoms with E-state index in [1.807, 2.05) is 18.2 Å². The second kappa shape index (κ2) is 10.7. The number of benzene rings is 3. The van der Waals surface area contributed by atoms with Gasteiger partial charge in [-0.25, -0.2) is 0 Å². The average molecular weight is 467 g/mol. The van der Waals surface area contributed by atoms with Gasteiger partial charge in [0.15, 0.2) is 6.29 Å². The fourth-order valence-corrected chi connectivity index (χ4v) is 4.92. The van der Waals surface area contributed by atoms with Gasteiger partial charge in [0.05, 0.1) is 11.6 Å². The first-order valence-corrected chi connectivity index (χ1v) is 12.1. The first-order chi connectivity index (χ1) is 17.2. The monoisotopic (exact) mass is 466 g/mol. The largest absolute Gasteiger partial charge is 0.464 e. The van der Waals surface area contributed by atoms with Gasteiger partial charge in [-0.2, -0.15) is 5.26 Å². The Balaban J connectivity index is 1.17. The van der Waals surface area contributed by atoms with Crippen LogP contribution in [0.4, 0.5) is 0 Å². The Labute approximate surface area is 206 Å². The zero-order chi connectivity index (χ0) is 24.0. The van der Waals surface area contributed by atoms with Crippen LogP contribution in [0.5, 0.6) is 5.75 Å².